The van der Waals surface area contributed by atoms with E-state index in [0.29, 0.717) is 14.5 Å². The van der Waals surface area contributed by atoms with Crippen LogP contribution in [0.3, 0.4) is 0 Å². The molecule has 2 aromatic rings. The average molecular weight is 226 g/mol. The molecule has 0 atom stereocenters. The van der Waals surface area contributed by atoms with Crippen LogP contribution >= 0.6 is 0 Å². The maximum absolute atomic E-state index is 10.4. The molecule has 1 heterocycles. The Labute approximate surface area is 74.5 Å². The molecule has 0 bridgehead atoms. The van der Waals surface area contributed by atoms with Gasteiger partial charge in [0.05, 0.1) is 0 Å². The van der Waals surface area contributed by atoms with Gasteiger partial charge < -0.3 is 0 Å². The van der Waals surface area contributed by atoms with Crippen LogP contribution in [0.2, 0.25) is 0 Å². The van der Waals surface area contributed by atoms with Gasteiger partial charge in [-0.3, -0.25) is 0 Å². The summed E-state index contributed by atoms with van der Waals surface area (Å²) in [5, 5.41) is 12.5. The third kappa shape index (κ3) is 1.15. The van der Waals surface area contributed by atoms with Crippen molar-refractivity contribution in [3.63, 3.8) is 0 Å². The molecule has 0 aliphatic heterocycles. The SMILES string of the molecule is O=[N+]([O-])c1ccc2c[se]cc2c1. The van der Waals surface area contributed by atoms with Crippen LogP contribution in [0.5, 0.6) is 0 Å². The Morgan fingerprint density at radius 2 is 2.00 bits per heavy atom. The van der Waals surface area contributed by atoms with Crippen LogP contribution in [0, 0.1) is 10.1 Å². The molecule has 12 heavy (non-hydrogen) atoms. The van der Waals surface area contributed by atoms with Gasteiger partial charge in [-0.05, 0) is 0 Å². The molecule has 1 aromatic heterocycles. The second-order valence-corrected chi connectivity index (χ2v) is 4.00. The summed E-state index contributed by atoms with van der Waals surface area (Å²) >= 11 is 0.386. The predicted molar refractivity (Wildman–Crippen MR) is 47.5 cm³/mol. The van der Waals surface area contributed by atoms with Gasteiger partial charge in [0.15, 0.2) is 0 Å². The number of benzene rings is 1. The van der Waals surface area contributed by atoms with E-state index in [0.717, 1.165) is 10.8 Å². The molecule has 2 rings (SSSR count). The van der Waals surface area contributed by atoms with E-state index in [-0.39, 0.29) is 10.6 Å². The summed E-state index contributed by atoms with van der Waals surface area (Å²) in [5.41, 5.74) is 0.177. The number of hydrogen-bond acceptors (Lipinski definition) is 2. The Kier molecular flexibility index (Phi) is 1.71. The molecule has 1 aromatic carbocycles. The van der Waals surface area contributed by atoms with Gasteiger partial charge in [0.1, 0.15) is 0 Å². The number of nitro groups is 1. The molecule has 0 spiro atoms. The van der Waals surface area contributed by atoms with E-state index in [1.807, 2.05) is 0 Å². The van der Waals surface area contributed by atoms with E-state index in [4.69, 9.17) is 0 Å². The molecular formula is C8H5NO2Se. The Morgan fingerprint density at radius 3 is 2.75 bits per heavy atom. The van der Waals surface area contributed by atoms with E-state index < -0.39 is 0 Å². The molecule has 0 saturated heterocycles. The summed E-state index contributed by atoms with van der Waals surface area (Å²) in [6, 6.07) is 4.98. The summed E-state index contributed by atoms with van der Waals surface area (Å²) in [5.74, 6) is 0. The van der Waals surface area contributed by atoms with Crippen LogP contribution in [0.25, 0.3) is 10.8 Å². The minimum atomic E-state index is -0.362. The summed E-state index contributed by atoms with van der Waals surface area (Å²) in [6.45, 7) is 0. The number of nitrogens with zero attached hydrogens (tertiary/aromatic N) is 1. The van der Waals surface area contributed by atoms with Crippen molar-refractivity contribution in [2.45, 2.75) is 0 Å². The zero-order valence-corrected chi connectivity index (χ0v) is 7.77. The number of fused-ring (bicyclic) bond motifs is 1. The molecule has 3 nitrogen and oxygen atoms in total. The molecule has 0 radical (unpaired) electrons. The molecule has 0 aliphatic rings. The molecule has 0 unspecified atom stereocenters. The van der Waals surface area contributed by atoms with Gasteiger partial charge >= 0.3 is 74.1 Å². The van der Waals surface area contributed by atoms with Crippen molar-refractivity contribution in [2.24, 2.45) is 0 Å². The summed E-state index contributed by atoms with van der Waals surface area (Å²) in [7, 11) is 0. The zero-order chi connectivity index (χ0) is 8.55. The first kappa shape index (κ1) is 7.52. The minimum absolute atomic E-state index is 0.177. The summed E-state index contributed by atoms with van der Waals surface area (Å²) < 4.78 is 0. The topological polar surface area (TPSA) is 43.1 Å². The van der Waals surface area contributed by atoms with Crippen molar-refractivity contribution in [1.82, 2.24) is 0 Å². The van der Waals surface area contributed by atoms with E-state index in [1.54, 1.807) is 18.2 Å². The molecular weight excluding hydrogens is 221 g/mol. The Hall–Kier alpha value is -1.12. The van der Waals surface area contributed by atoms with Crippen LogP contribution in [-0.2, 0) is 0 Å². The Bertz CT molecular complexity index is 435. The molecule has 0 saturated carbocycles. The first-order chi connectivity index (χ1) is 5.77. The van der Waals surface area contributed by atoms with Crippen molar-refractivity contribution < 1.29 is 4.92 Å². The number of non-ortho nitro benzene ring substituents is 1. The van der Waals surface area contributed by atoms with Gasteiger partial charge in [-0.1, -0.05) is 0 Å². The second-order valence-electron chi connectivity index (χ2n) is 2.44. The maximum atomic E-state index is 10.4. The van der Waals surface area contributed by atoms with Crippen molar-refractivity contribution in [2.75, 3.05) is 0 Å². The molecule has 0 amide bonds. The normalized spacial score (nSPS) is 10.3. The first-order valence-corrected chi connectivity index (χ1v) is 5.35. The molecule has 0 aliphatic carbocycles. The Morgan fingerprint density at radius 1 is 1.25 bits per heavy atom. The fourth-order valence-electron chi connectivity index (χ4n) is 1.07. The first-order valence-electron chi connectivity index (χ1n) is 3.38. The third-order valence-electron chi connectivity index (χ3n) is 1.67. The summed E-state index contributed by atoms with van der Waals surface area (Å²) in [4.78, 5) is 14.2. The van der Waals surface area contributed by atoms with Crippen LogP contribution in [0.1, 0.15) is 0 Å². The summed E-state index contributed by atoms with van der Waals surface area (Å²) in [6.07, 6.45) is 0. The van der Waals surface area contributed by atoms with Gasteiger partial charge in [0, 0.05) is 0 Å². The van der Waals surface area contributed by atoms with E-state index in [2.05, 4.69) is 9.88 Å². The van der Waals surface area contributed by atoms with Gasteiger partial charge in [-0.25, -0.2) is 0 Å². The quantitative estimate of drug-likeness (QED) is 0.422. The van der Waals surface area contributed by atoms with E-state index in [9.17, 15) is 10.1 Å². The van der Waals surface area contributed by atoms with Gasteiger partial charge in [-0.15, -0.1) is 0 Å². The van der Waals surface area contributed by atoms with Crippen molar-refractivity contribution in [3.05, 3.63) is 38.2 Å². The number of rotatable bonds is 1. The molecule has 0 fully saturated rings. The van der Waals surface area contributed by atoms with Gasteiger partial charge in [0.25, 0.3) is 0 Å². The standard InChI is InChI=1S/C8H5NO2Se/c10-9(11)8-2-1-6-4-12-5-7(6)3-8/h1-5H. The predicted octanol–water partition coefficient (Wildman–Crippen LogP) is 1.80. The van der Waals surface area contributed by atoms with Gasteiger partial charge in [0.2, 0.25) is 0 Å². The van der Waals surface area contributed by atoms with E-state index >= 15 is 0 Å². The van der Waals surface area contributed by atoms with Crippen molar-refractivity contribution >= 4 is 31.0 Å². The van der Waals surface area contributed by atoms with Gasteiger partial charge in [-0.2, -0.15) is 0 Å². The number of hydrogen-bond donors (Lipinski definition) is 0. The van der Waals surface area contributed by atoms with Crippen molar-refractivity contribution in [1.29, 1.82) is 0 Å². The fourth-order valence-corrected chi connectivity index (χ4v) is 2.70. The second kappa shape index (κ2) is 2.73. The number of nitro benzene ring substituents is 1. The molecule has 4 heteroatoms. The average Bonchev–Trinajstić information content (AvgIpc) is 2.49. The molecule has 0 N–H and O–H groups in total. The third-order valence-corrected chi connectivity index (χ3v) is 3.31. The fraction of sp³-hybridized carbons (Fsp3) is 0. The molecule has 60 valence electrons. The van der Waals surface area contributed by atoms with Crippen LogP contribution in [-0.4, -0.2) is 19.4 Å². The van der Waals surface area contributed by atoms with Crippen LogP contribution in [0.4, 0.5) is 5.69 Å². The van der Waals surface area contributed by atoms with Crippen LogP contribution in [0.15, 0.2) is 28.1 Å². The van der Waals surface area contributed by atoms with Crippen molar-refractivity contribution in [3.8, 4) is 0 Å². The van der Waals surface area contributed by atoms with Crippen LogP contribution < -0.4 is 0 Å². The van der Waals surface area contributed by atoms with E-state index in [1.165, 1.54) is 0 Å². The zero-order valence-electron chi connectivity index (χ0n) is 6.06. The monoisotopic (exact) mass is 227 g/mol. The Balaban J connectivity index is 2.68.